The fourth-order valence-corrected chi connectivity index (χ4v) is 18.7. The van der Waals surface area contributed by atoms with Crippen molar-refractivity contribution < 1.29 is 19.1 Å². The summed E-state index contributed by atoms with van der Waals surface area (Å²) in [6.45, 7) is 40.9. The summed E-state index contributed by atoms with van der Waals surface area (Å²) in [6, 6.07) is 7.94. The molecule has 50 heavy (non-hydrogen) atoms. The third-order valence-electron chi connectivity index (χ3n) is 10.7. The Kier molecular flexibility index (Phi) is 14.7. The van der Waals surface area contributed by atoms with Gasteiger partial charge in [0.25, 0.3) is 16.6 Å². The number of phenolic OH excluding ortho intramolecular Hbond substituents is 2. The zero-order valence-electron chi connectivity index (χ0n) is 34.9. The molecule has 0 amide bonds. The molecule has 2 aromatic rings. The molecule has 0 aliphatic heterocycles. The summed E-state index contributed by atoms with van der Waals surface area (Å²) in [5.41, 5.74) is 5.04. The Hall–Kier alpha value is -2.59. The van der Waals surface area contributed by atoms with Gasteiger partial charge >= 0.3 is 0 Å². The van der Waals surface area contributed by atoms with Gasteiger partial charge in [0.05, 0.1) is 13.1 Å². The lowest BCUT2D eigenvalue weighted by molar-refractivity contribution is 0.437. The molecule has 0 spiro atoms. The summed E-state index contributed by atoms with van der Waals surface area (Å²) in [5, 5.41) is 22.7. The van der Waals surface area contributed by atoms with Crippen LogP contribution in [0, 0.1) is 0 Å². The summed E-state index contributed by atoms with van der Waals surface area (Å²) < 4.78 is 14.1. The average molecular weight is 725 g/mol. The van der Waals surface area contributed by atoms with Crippen molar-refractivity contribution in [1.82, 2.24) is 0 Å². The van der Waals surface area contributed by atoms with Gasteiger partial charge in [0.2, 0.25) is 0 Å². The van der Waals surface area contributed by atoms with Crippen LogP contribution in [-0.4, -0.2) is 52.4 Å². The maximum atomic E-state index is 11.4. The third-order valence-corrected chi connectivity index (χ3v) is 22.7. The maximum absolute atomic E-state index is 11.4. The Bertz CT molecular complexity index is 1320. The molecule has 2 N–H and O–H groups in total. The predicted octanol–water partition coefficient (Wildman–Crippen LogP) is 12.3. The molecule has 2 rings (SSSR count). The molecule has 0 saturated heterocycles. The highest BCUT2D eigenvalue weighted by Gasteiger charge is 2.48. The molecule has 0 fully saturated rings. The molecule has 8 heteroatoms. The molecule has 0 aromatic heterocycles. The van der Waals surface area contributed by atoms with E-state index in [1.807, 2.05) is 24.3 Å². The van der Waals surface area contributed by atoms with Crippen LogP contribution in [0.1, 0.15) is 147 Å². The number of aliphatic imine (C=N–C) groups is 2. The molecule has 0 atom stereocenters. The third kappa shape index (κ3) is 9.64. The smallest absolute Gasteiger partial charge is 0.258 e. The standard InChI is InChI=1S/C42H72N2O4Si2/c1-27(2)49(28(3)4,29(5)6)47-35-21-33(39(45)37(23-35)41(13,14)15)25-43-19-20-44-26-34-22-36(24-38(40(34)46)42(16,17)18)48-50(30(7)8,31(9)10)32(11)12/h21-32,45-46H,19-20H2,1-18H3. The van der Waals surface area contributed by atoms with Crippen molar-refractivity contribution in [3.63, 3.8) is 0 Å². The first-order valence-corrected chi connectivity index (χ1v) is 23.2. The summed E-state index contributed by atoms with van der Waals surface area (Å²) in [5.74, 6) is 2.09. The van der Waals surface area contributed by atoms with Crippen LogP contribution in [0.25, 0.3) is 0 Å². The zero-order chi connectivity index (χ0) is 38.6. The van der Waals surface area contributed by atoms with E-state index in [0.29, 0.717) is 57.5 Å². The van der Waals surface area contributed by atoms with Crippen molar-refractivity contribution in [2.45, 2.75) is 169 Å². The van der Waals surface area contributed by atoms with Crippen LogP contribution in [0.15, 0.2) is 34.3 Å². The molecule has 0 bridgehead atoms. The first-order valence-electron chi connectivity index (χ1n) is 19.0. The normalized spacial score (nSPS) is 13.8. The maximum Gasteiger partial charge on any atom is 0.258 e. The number of aromatic hydroxyl groups is 2. The molecule has 2 aromatic carbocycles. The Balaban J connectivity index is 2.45. The lowest BCUT2D eigenvalue weighted by Gasteiger charge is -2.42. The molecule has 282 valence electrons. The quantitative estimate of drug-likeness (QED) is 0.109. The fraction of sp³-hybridized carbons (Fsp3) is 0.667. The van der Waals surface area contributed by atoms with Gasteiger partial charge in [0.1, 0.15) is 23.0 Å². The SMILES string of the molecule is CC(C)[Si](Oc1cc(C=NCCN=Cc2cc(O[Si](C(C)C)(C(C)C)C(C)C)cc(C(C)(C)C)c2O)c(O)c(C(C)(C)C)c1)(C(C)C)C(C)C. The second-order valence-electron chi connectivity index (χ2n) is 18.2. The Morgan fingerprint density at radius 2 is 0.780 bits per heavy atom. The van der Waals surface area contributed by atoms with Gasteiger partial charge in [-0.1, -0.05) is 125 Å². The average Bonchev–Trinajstić information content (AvgIpc) is 2.96. The Morgan fingerprint density at radius 1 is 0.520 bits per heavy atom. The van der Waals surface area contributed by atoms with Crippen molar-refractivity contribution >= 4 is 29.1 Å². The topological polar surface area (TPSA) is 83.6 Å². The van der Waals surface area contributed by atoms with Gasteiger partial charge in [-0.15, -0.1) is 0 Å². The number of phenols is 2. The van der Waals surface area contributed by atoms with E-state index in [2.05, 4.69) is 135 Å². The van der Waals surface area contributed by atoms with E-state index in [1.54, 1.807) is 12.4 Å². The van der Waals surface area contributed by atoms with E-state index in [9.17, 15) is 10.2 Å². The monoisotopic (exact) mass is 725 g/mol. The minimum Gasteiger partial charge on any atom is -0.543 e. The second-order valence-corrected chi connectivity index (χ2v) is 29.0. The highest BCUT2D eigenvalue weighted by molar-refractivity contribution is 6.78. The van der Waals surface area contributed by atoms with Gasteiger partial charge in [0, 0.05) is 34.7 Å². The molecular weight excluding hydrogens is 653 g/mol. The zero-order valence-corrected chi connectivity index (χ0v) is 36.9. The number of nitrogens with zero attached hydrogens (tertiary/aromatic N) is 2. The minimum absolute atomic E-state index is 0.239. The van der Waals surface area contributed by atoms with Gasteiger partial charge < -0.3 is 19.1 Å². The summed E-state index contributed by atoms with van der Waals surface area (Å²) in [6.07, 6.45) is 3.49. The Morgan fingerprint density at radius 3 is 1.00 bits per heavy atom. The van der Waals surface area contributed by atoms with Gasteiger partial charge in [-0.25, -0.2) is 0 Å². The number of rotatable bonds is 15. The van der Waals surface area contributed by atoms with Crippen LogP contribution in [-0.2, 0) is 10.8 Å². The van der Waals surface area contributed by atoms with Crippen molar-refractivity contribution in [1.29, 1.82) is 0 Å². The molecule has 0 heterocycles. The minimum atomic E-state index is -2.20. The van der Waals surface area contributed by atoms with Crippen LogP contribution in [0.5, 0.6) is 23.0 Å². The van der Waals surface area contributed by atoms with Crippen LogP contribution in [0.4, 0.5) is 0 Å². The number of hydrogen-bond donors (Lipinski definition) is 2. The van der Waals surface area contributed by atoms with Gasteiger partial charge in [-0.3, -0.25) is 9.98 Å². The van der Waals surface area contributed by atoms with E-state index < -0.39 is 16.6 Å². The van der Waals surface area contributed by atoms with Gasteiger partial charge in [-0.2, -0.15) is 0 Å². The van der Waals surface area contributed by atoms with Gasteiger partial charge in [0.15, 0.2) is 0 Å². The van der Waals surface area contributed by atoms with E-state index in [-0.39, 0.29) is 22.3 Å². The molecule has 0 saturated carbocycles. The summed E-state index contributed by atoms with van der Waals surface area (Å²) >= 11 is 0. The van der Waals surface area contributed by atoms with Crippen molar-refractivity contribution in [2.75, 3.05) is 13.1 Å². The largest absolute Gasteiger partial charge is 0.543 e. The van der Waals surface area contributed by atoms with E-state index in [0.717, 1.165) is 22.6 Å². The second kappa shape index (κ2) is 16.8. The summed E-state index contributed by atoms with van der Waals surface area (Å²) in [7, 11) is -4.40. The lowest BCUT2D eigenvalue weighted by Crippen LogP contribution is -2.50. The fourth-order valence-electron chi connectivity index (χ4n) is 8.27. The van der Waals surface area contributed by atoms with E-state index in [1.165, 1.54) is 0 Å². The molecule has 0 aliphatic rings. The summed E-state index contributed by atoms with van der Waals surface area (Å²) in [4.78, 5) is 9.36. The van der Waals surface area contributed by atoms with Crippen LogP contribution in [0.3, 0.4) is 0 Å². The van der Waals surface area contributed by atoms with Crippen molar-refractivity contribution in [2.24, 2.45) is 9.98 Å². The predicted molar refractivity (Wildman–Crippen MR) is 222 cm³/mol. The molecule has 0 unspecified atom stereocenters. The van der Waals surface area contributed by atoms with Crippen LogP contribution < -0.4 is 8.85 Å². The van der Waals surface area contributed by atoms with E-state index >= 15 is 0 Å². The van der Waals surface area contributed by atoms with E-state index in [4.69, 9.17) is 8.85 Å². The first kappa shape index (κ1) is 43.6. The number of hydrogen-bond acceptors (Lipinski definition) is 6. The molecule has 6 nitrogen and oxygen atoms in total. The van der Waals surface area contributed by atoms with Crippen molar-refractivity contribution in [3.05, 3.63) is 46.5 Å². The lowest BCUT2D eigenvalue weighted by atomic mass is 9.85. The highest BCUT2D eigenvalue weighted by Crippen LogP contribution is 2.46. The van der Waals surface area contributed by atoms with Crippen LogP contribution in [0.2, 0.25) is 33.2 Å². The highest BCUT2D eigenvalue weighted by atomic mass is 28.4. The van der Waals surface area contributed by atoms with Crippen molar-refractivity contribution in [3.8, 4) is 23.0 Å². The van der Waals surface area contributed by atoms with Crippen LogP contribution >= 0.6 is 0 Å². The molecule has 0 aliphatic carbocycles. The molecule has 0 radical (unpaired) electrons. The Labute approximate surface area is 308 Å². The van der Waals surface area contributed by atoms with Gasteiger partial charge in [-0.05, 0) is 68.3 Å². The first-order chi connectivity index (χ1) is 22.8. The number of benzene rings is 2. The molecular formula is C42H72N2O4Si2.